The number of aromatic nitrogens is 2. The number of rotatable bonds is 4. The van der Waals surface area contributed by atoms with Crippen LogP contribution in [-0.2, 0) is 9.63 Å². The third-order valence-electron chi connectivity index (χ3n) is 4.38. The Morgan fingerprint density at radius 1 is 1.35 bits per heavy atom. The van der Waals surface area contributed by atoms with Gasteiger partial charge in [0.25, 0.3) is 5.91 Å². The van der Waals surface area contributed by atoms with Gasteiger partial charge >= 0.3 is 0 Å². The molecule has 1 amide bonds. The number of hydroxylamine groups is 1. The first-order chi connectivity index (χ1) is 11.2. The quantitative estimate of drug-likeness (QED) is 0.815. The van der Waals surface area contributed by atoms with E-state index < -0.39 is 5.41 Å². The fourth-order valence-electron chi connectivity index (χ4n) is 2.98. The Morgan fingerprint density at radius 3 is 2.83 bits per heavy atom. The van der Waals surface area contributed by atoms with E-state index in [1.165, 1.54) is 12.2 Å². The van der Waals surface area contributed by atoms with E-state index in [1.54, 1.807) is 24.5 Å². The van der Waals surface area contributed by atoms with Gasteiger partial charge in [-0.25, -0.2) is 0 Å². The second kappa shape index (κ2) is 6.57. The lowest BCUT2D eigenvalue weighted by Crippen LogP contribution is -2.51. The van der Waals surface area contributed by atoms with E-state index in [0.29, 0.717) is 42.7 Å². The molecule has 0 unspecified atom stereocenters. The summed E-state index contributed by atoms with van der Waals surface area (Å²) in [5, 5.41) is 14.3. The average Bonchev–Trinajstić information content (AvgIpc) is 2.63. The summed E-state index contributed by atoms with van der Waals surface area (Å²) in [7, 11) is 1.44. The van der Waals surface area contributed by atoms with Gasteiger partial charge in [-0.2, -0.15) is 5.06 Å². The molecule has 2 N–H and O–H groups in total. The van der Waals surface area contributed by atoms with Gasteiger partial charge in [-0.3, -0.25) is 19.6 Å². The summed E-state index contributed by atoms with van der Waals surface area (Å²) in [6, 6.07) is 5.32. The van der Waals surface area contributed by atoms with E-state index in [4.69, 9.17) is 4.84 Å². The second-order valence-electron chi connectivity index (χ2n) is 5.67. The van der Waals surface area contributed by atoms with Crippen LogP contribution in [0.25, 0.3) is 11.0 Å². The van der Waals surface area contributed by atoms with Crippen LogP contribution in [0.1, 0.15) is 12.8 Å². The van der Waals surface area contributed by atoms with Crippen molar-refractivity contribution < 1.29 is 14.7 Å². The minimum absolute atomic E-state index is 0.205. The number of aliphatic hydroxyl groups is 1. The first-order valence-corrected chi connectivity index (χ1v) is 7.62. The minimum atomic E-state index is -0.828. The van der Waals surface area contributed by atoms with Crippen LogP contribution in [0.15, 0.2) is 30.6 Å². The van der Waals surface area contributed by atoms with Gasteiger partial charge in [-0.05, 0) is 44.1 Å². The maximum atomic E-state index is 13.1. The number of fused-ring (bicyclic) bond motifs is 1. The number of nitrogens with one attached hydrogen (secondary N) is 1. The fraction of sp³-hybridized carbons (Fsp3) is 0.438. The summed E-state index contributed by atoms with van der Waals surface area (Å²) >= 11 is 0. The highest BCUT2D eigenvalue weighted by atomic mass is 16.7. The number of hydrogen-bond acceptors (Lipinski definition) is 6. The number of hydrogen-bond donors (Lipinski definition) is 2. The van der Waals surface area contributed by atoms with Gasteiger partial charge in [0.1, 0.15) is 11.2 Å². The van der Waals surface area contributed by atoms with Crippen molar-refractivity contribution >= 4 is 22.6 Å². The molecular formula is C16H20N4O3. The van der Waals surface area contributed by atoms with E-state index in [2.05, 4.69) is 15.3 Å². The third kappa shape index (κ3) is 2.78. The van der Waals surface area contributed by atoms with Gasteiger partial charge in [0.05, 0.1) is 24.6 Å². The molecule has 0 aromatic carbocycles. The molecule has 122 valence electrons. The molecule has 0 saturated carbocycles. The van der Waals surface area contributed by atoms with Crippen molar-refractivity contribution in [3.63, 3.8) is 0 Å². The third-order valence-corrected chi connectivity index (χ3v) is 4.38. The smallest absolute Gasteiger partial charge is 0.259 e. The zero-order valence-corrected chi connectivity index (χ0v) is 13.0. The van der Waals surface area contributed by atoms with Crippen molar-refractivity contribution in [2.75, 3.05) is 31.9 Å². The van der Waals surface area contributed by atoms with E-state index in [0.717, 1.165) is 0 Å². The predicted molar refractivity (Wildman–Crippen MR) is 85.7 cm³/mol. The van der Waals surface area contributed by atoms with E-state index in [9.17, 15) is 9.90 Å². The van der Waals surface area contributed by atoms with Gasteiger partial charge < -0.3 is 10.4 Å². The fourth-order valence-corrected chi connectivity index (χ4v) is 2.98. The van der Waals surface area contributed by atoms with E-state index in [-0.39, 0.29) is 12.5 Å². The van der Waals surface area contributed by atoms with Crippen LogP contribution < -0.4 is 10.4 Å². The zero-order chi connectivity index (χ0) is 16.3. The molecule has 0 bridgehead atoms. The number of carbonyl (C=O) groups excluding carboxylic acids is 1. The van der Waals surface area contributed by atoms with Crippen molar-refractivity contribution in [1.29, 1.82) is 0 Å². The van der Waals surface area contributed by atoms with Crippen molar-refractivity contribution in [1.82, 2.24) is 15.3 Å². The lowest BCUT2D eigenvalue weighted by atomic mass is 9.78. The van der Waals surface area contributed by atoms with Crippen molar-refractivity contribution in [2.24, 2.45) is 5.41 Å². The highest BCUT2D eigenvalue weighted by Gasteiger charge is 2.43. The van der Waals surface area contributed by atoms with E-state index >= 15 is 0 Å². The van der Waals surface area contributed by atoms with Crippen molar-refractivity contribution in [3.8, 4) is 0 Å². The molecule has 1 saturated heterocycles. The van der Waals surface area contributed by atoms with Gasteiger partial charge in [-0.1, -0.05) is 0 Å². The molecule has 3 heterocycles. The van der Waals surface area contributed by atoms with Crippen molar-refractivity contribution in [2.45, 2.75) is 12.8 Å². The standard InChI is InChI=1S/C16H20N4O3/c1-23-20(15(22)16(11-21)5-9-17-10-6-16)13-4-8-18-12-3-2-7-19-14(12)13/h2-4,7-8,17,21H,5-6,9-11H2,1H3. The number of aliphatic hydroxyl groups excluding tert-OH is 1. The second-order valence-corrected chi connectivity index (χ2v) is 5.67. The van der Waals surface area contributed by atoms with Gasteiger partial charge in [0, 0.05) is 12.4 Å². The number of carbonyl (C=O) groups is 1. The normalized spacial score (nSPS) is 17.1. The number of amides is 1. The molecule has 1 fully saturated rings. The summed E-state index contributed by atoms with van der Waals surface area (Å²) < 4.78 is 0. The molecule has 23 heavy (non-hydrogen) atoms. The molecule has 3 rings (SSSR count). The van der Waals surface area contributed by atoms with Gasteiger partial charge in [0.2, 0.25) is 0 Å². The van der Waals surface area contributed by atoms with Crippen LogP contribution >= 0.6 is 0 Å². The molecule has 0 radical (unpaired) electrons. The van der Waals surface area contributed by atoms with Crippen LogP contribution in [0.4, 0.5) is 5.69 Å². The highest BCUT2D eigenvalue weighted by Crippen LogP contribution is 2.34. The number of pyridine rings is 2. The topological polar surface area (TPSA) is 87.6 Å². The van der Waals surface area contributed by atoms with Crippen molar-refractivity contribution in [3.05, 3.63) is 30.6 Å². The zero-order valence-electron chi connectivity index (χ0n) is 13.0. The maximum Gasteiger partial charge on any atom is 0.259 e. The summed E-state index contributed by atoms with van der Waals surface area (Å²) in [6.07, 6.45) is 4.40. The minimum Gasteiger partial charge on any atom is -0.395 e. The lowest BCUT2D eigenvalue weighted by molar-refractivity contribution is -0.139. The molecule has 0 aliphatic carbocycles. The monoisotopic (exact) mass is 316 g/mol. The summed E-state index contributed by atoms with van der Waals surface area (Å²) in [5.41, 5.74) is 0.982. The number of nitrogens with zero attached hydrogens (tertiary/aromatic N) is 3. The SMILES string of the molecule is CON(C(=O)C1(CO)CCNCC1)c1ccnc2cccnc12. The Hall–Kier alpha value is -2.09. The molecule has 0 atom stereocenters. The van der Waals surface area contributed by atoms with Crippen LogP contribution in [0.5, 0.6) is 0 Å². The Balaban J connectivity index is 2.02. The van der Waals surface area contributed by atoms with Gasteiger partial charge in [-0.15, -0.1) is 0 Å². The number of anilines is 1. The van der Waals surface area contributed by atoms with Crippen LogP contribution in [-0.4, -0.2) is 47.8 Å². The highest BCUT2D eigenvalue weighted by molar-refractivity contribution is 6.02. The van der Waals surface area contributed by atoms with Gasteiger partial charge in [0.15, 0.2) is 0 Å². The molecule has 2 aromatic heterocycles. The Morgan fingerprint density at radius 2 is 2.13 bits per heavy atom. The van der Waals surface area contributed by atoms with E-state index in [1.807, 2.05) is 6.07 Å². The first kappa shape index (κ1) is 15.8. The molecule has 7 heteroatoms. The molecule has 1 aliphatic rings. The predicted octanol–water partition coefficient (Wildman–Crippen LogP) is 0.886. The number of piperidine rings is 1. The Kier molecular flexibility index (Phi) is 4.51. The molecule has 1 aliphatic heterocycles. The van der Waals surface area contributed by atoms with Crippen LogP contribution in [0.2, 0.25) is 0 Å². The molecule has 7 nitrogen and oxygen atoms in total. The lowest BCUT2D eigenvalue weighted by Gasteiger charge is -2.37. The molecular weight excluding hydrogens is 296 g/mol. The average molecular weight is 316 g/mol. The first-order valence-electron chi connectivity index (χ1n) is 7.62. The maximum absolute atomic E-state index is 13.1. The molecule has 0 spiro atoms. The van der Waals surface area contributed by atoms with Crippen LogP contribution in [0, 0.1) is 5.41 Å². The summed E-state index contributed by atoms with van der Waals surface area (Å²) in [4.78, 5) is 27.0. The summed E-state index contributed by atoms with van der Waals surface area (Å²) in [6.45, 7) is 1.18. The molecule has 2 aromatic rings. The largest absolute Gasteiger partial charge is 0.395 e. The van der Waals surface area contributed by atoms with Crippen LogP contribution in [0.3, 0.4) is 0 Å². The summed E-state index contributed by atoms with van der Waals surface area (Å²) in [5.74, 6) is -0.248. The Labute approximate surface area is 134 Å². The Bertz CT molecular complexity index is 695.